The lowest BCUT2D eigenvalue weighted by Gasteiger charge is -2.38. The van der Waals surface area contributed by atoms with Crippen LogP contribution in [0.1, 0.15) is 45.1 Å². The minimum Gasteiger partial charge on any atom is -0.352 e. The van der Waals surface area contributed by atoms with Crippen LogP contribution in [0.4, 0.5) is 0 Å². The van der Waals surface area contributed by atoms with Gasteiger partial charge in [-0.15, -0.1) is 0 Å². The summed E-state index contributed by atoms with van der Waals surface area (Å²) in [5.74, 6) is -0.173. The molecule has 2 amide bonds. The molecule has 0 unspecified atom stereocenters. The number of nitrogens with zero attached hydrogens (tertiary/aromatic N) is 2. The smallest absolute Gasteiger partial charge is 0.237 e. The summed E-state index contributed by atoms with van der Waals surface area (Å²) < 4.78 is 0. The van der Waals surface area contributed by atoms with Crippen molar-refractivity contribution in [1.82, 2.24) is 15.1 Å². The van der Waals surface area contributed by atoms with Crippen LogP contribution in [0.2, 0.25) is 0 Å². The average Bonchev–Trinajstić information content (AvgIpc) is 3.15. The van der Waals surface area contributed by atoms with E-state index < -0.39 is 5.41 Å². The zero-order valence-electron chi connectivity index (χ0n) is 16.0. The van der Waals surface area contributed by atoms with Crippen LogP contribution in [0.15, 0.2) is 30.3 Å². The first-order valence-electron chi connectivity index (χ1n) is 9.83. The van der Waals surface area contributed by atoms with Crippen LogP contribution < -0.4 is 5.32 Å². The van der Waals surface area contributed by atoms with Crippen molar-refractivity contribution in [3.05, 3.63) is 35.9 Å². The molecule has 0 spiro atoms. The van der Waals surface area contributed by atoms with Crippen LogP contribution in [-0.2, 0) is 16.1 Å². The van der Waals surface area contributed by atoms with Crippen LogP contribution in [0, 0.1) is 5.41 Å². The largest absolute Gasteiger partial charge is 0.352 e. The number of carbonyl (C=O) groups is 2. The molecule has 0 radical (unpaired) electrons. The highest BCUT2D eigenvalue weighted by Crippen LogP contribution is 2.24. The molecule has 1 aliphatic carbocycles. The summed E-state index contributed by atoms with van der Waals surface area (Å²) in [6, 6.07) is 10.7. The number of nitrogens with one attached hydrogen (secondary N) is 1. The molecule has 0 bridgehead atoms. The molecule has 1 aliphatic heterocycles. The first kappa shape index (κ1) is 18.9. The van der Waals surface area contributed by atoms with E-state index in [1.807, 2.05) is 11.0 Å². The number of rotatable bonds is 5. The summed E-state index contributed by atoms with van der Waals surface area (Å²) in [5.41, 5.74) is 0.299. The molecule has 2 fully saturated rings. The first-order chi connectivity index (χ1) is 12.5. The fourth-order valence-corrected chi connectivity index (χ4v) is 3.88. The summed E-state index contributed by atoms with van der Waals surface area (Å²) in [7, 11) is 0. The van der Waals surface area contributed by atoms with Gasteiger partial charge in [0.25, 0.3) is 0 Å². The Bertz CT molecular complexity index is 615. The molecule has 26 heavy (non-hydrogen) atoms. The van der Waals surface area contributed by atoms with Crippen LogP contribution in [0.25, 0.3) is 0 Å². The number of piperazine rings is 1. The van der Waals surface area contributed by atoms with Crippen molar-refractivity contribution in [3.63, 3.8) is 0 Å². The normalized spacial score (nSPS) is 19.5. The number of hydrogen-bond donors (Lipinski definition) is 1. The second-order valence-electron chi connectivity index (χ2n) is 8.13. The van der Waals surface area contributed by atoms with Gasteiger partial charge >= 0.3 is 0 Å². The van der Waals surface area contributed by atoms with Crippen molar-refractivity contribution < 1.29 is 9.59 Å². The maximum absolute atomic E-state index is 12.9. The van der Waals surface area contributed by atoms with E-state index in [0.29, 0.717) is 13.1 Å². The van der Waals surface area contributed by atoms with E-state index in [1.54, 1.807) is 13.8 Å². The van der Waals surface area contributed by atoms with E-state index in [2.05, 4.69) is 34.5 Å². The number of hydrogen-bond acceptors (Lipinski definition) is 3. The maximum Gasteiger partial charge on any atom is 0.237 e. The third-order valence-electron chi connectivity index (χ3n) is 5.70. The summed E-state index contributed by atoms with van der Waals surface area (Å²) >= 11 is 0. The van der Waals surface area contributed by atoms with Crippen LogP contribution in [0.5, 0.6) is 0 Å². The van der Waals surface area contributed by atoms with Gasteiger partial charge in [0.2, 0.25) is 11.8 Å². The van der Waals surface area contributed by atoms with Gasteiger partial charge in [-0.2, -0.15) is 0 Å². The average molecular weight is 357 g/mol. The minimum absolute atomic E-state index is 0.0487. The number of benzene rings is 1. The van der Waals surface area contributed by atoms with Crippen LogP contribution >= 0.6 is 0 Å². The number of amides is 2. The molecular weight excluding hydrogens is 326 g/mol. The molecule has 1 saturated heterocycles. The second-order valence-corrected chi connectivity index (χ2v) is 8.13. The molecule has 5 heteroatoms. The zero-order chi connectivity index (χ0) is 18.6. The fraction of sp³-hybridized carbons (Fsp3) is 0.619. The number of carbonyl (C=O) groups excluding carboxylic acids is 2. The monoisotopic (exact) mass is 357 g/mol. The Kier molecular flexibility index (Phi) is 5.97. The van der Waals surface area contributed by atoms with Crippen molar-refractivity contribution in [3.8, 4) is 0 Å². The molecule has 1 saturated carbocycles. The SMILES string of the molecule is CC(C)(C(=O)NC1CCCC1)C(=O)N1CCN(Cc2ccccc2)CC1. The maximum atomic E-state index is 12.9. The van der Waals surface area contributed by atoms with Gasteiger partial charge in [-0.05, 0) is 32.3 Å². The highest BCUT2D eigenvalue weighted by molar-refractivity contribution is 6.04. The quantitative estimate of drug-likeness (QED) is 0.824. The summed E-state index contributed by atoms with van der Waals surface area (Å²) in [6.45, 7) is 7.50. The summed E-state index contributed by atoms with van der Waals surface area (Å²) in [6.07, 6.45) is 4.41. The van der Waals surface area contributed by atoms with E-state index in [-0.39, 0.29) is 17.9 Å². The Hall–Kier alpha value is -1.88. The molecular formula is C21H31N3O2. The molecule has 0 aromatic heterocycles. The highest BCUT2D eigenvalue weighted by Gasteiger charge is 2.40. The topological polar surface area (TPSA) is 52.7 Å². The molecule has 142 valence electrons. The molecule has 5 nitrogen and oxygen atoms in total. The van der Waals surface area contributed by atoms with Gasteiger partial charge in [-0.25, -0.2) is 0 Å². The second kappa shape index (κ2) is 8.21. The van der Waals surface area contributed by atoms with E-state index in [0.717, 1.165) is 32.5 Å². The van der Waals surface area contributed by atoms with Crippen LogP contribution in [0.3, 0.4) is 0 Å². The van der Waals surface area contributed by atoms with Gasteiger partial charge < -0.3 is 10.2 Å². The van der Waals surface area contributed by atoms with Crippen molar-refractivity contribution in [2.24, 2.45) is 5.41 Å². The molecule has 1 N–H and O–H groups in total. The predicted molar refractivity (Wildman–Crippen MR) is 102 cm³/mol. The Morgan fingerprint density at radius 2 is 1.65 bits per heavy atom. The molecule has 0 atom stereocenters. The predicted octanol–water partition coefficient (Wildman–Crippen LogP) is 2.42. The van der Waals surface area contributed by atoms with Gasteiger partial charge in [0.05, 0.1) is 0 Å². The highest BCUT2D eigenvalue weighted by atomic mass is 16.2. The lowest BCUT2D eigenvalue weighted by Crippen LogP contribution is -2.56. The molecule has 3 rings (SSSR count). The Balaban J connectivity index is 1.51. The Labute approximate surface area is 156 Å². The van der Waals surface area contributed by atoms with Gasteiger partial charge in [-0.3, -0.25) is 14.5 Å². The van der Waals surface area contributed by atoms with Gasteiger partial charge in [0.1, 0.15) is 5.41 Å². The van der Waals surface area contributed by atoms with Crippen molar-refractivity contribution in [2.75, 3.05) is 26.2 Å². The third-order valence-corrected chi connectivity index (χ3v) is 5.70. The van der Waals surface area contributed by atoms with E-state index in [4.69, 9.17) is 0 Å². The standard InChI is InChI=1S/C21H31N3O2/c1-21(2,19(25)22-18-10-6-7-11-18)20(26)24-14-12-23(13-15-24)16-17-8-4-3-5-9-17/h3-5,8-9,18H,6-7,10-16H2,1-2H3,(H,22,25). The molecule has 1 aromatic carbocycles. The molecule has 1 aromatic rings. The first-order valence-corrected chi connectivity index (χ1v) is 9.83. The van der Waals surface area contributed by atoms with E-state index in [1.165, 1.54) is 18.4 Å². The van der Waals surface area contributed by atoms with Gasteiger partial charge in [0, 0.05) is 38.8 Å². The lowest BCUT2D eigenvalue weighted by atomic mass is 9.89. The Morgan fingerprint density at radius 1 is 1.04 bits per heavy atom. The van der Waals surface area contributed by atoms with Crippen LogP contribution in [-0.4, -0.2) is 53.8 Å². The van der Waals surface area contributed by atoms with Crippen molar-refractivity contribution in [2.45, 2.75) is 52.1 Å². The lowest BCUT2D eigenvalue weighted by molar-refractivity contribution is -0.150. The summed E-state index contributed by atoms with van der Waals surface area (Å²) in [5, 5.41) is 3.08. The Morgan fingerprint density at radius 3 is 2.27 bits per heavy atom. The minimum atomic E-state index is -0.996. The molecule has 1 heterocycles. The van der Waals surface area contributed by atoms with Crippen molar-refractivity contribution >= 4 is 11.8 Å². The summed E-state index contributed by atoms with van der Waals surface area (Å²) in [4.78, 5) is 29.8. The zero-order valence-corrected chi connectivity index (χ0v) is 16.0. The van der Waals surface area contributed by atoms with E-state index in [9.17, 15) is 9.59 Å². The van der Waals surface area contributed by atoms with E-state index >= 15 is 0 Å². The fourth-order valence-electron chi connectivity index (χ4n) is 3.88. The third kappa shape index (κ3) is 4.44. The van der Waals surface area contributed by atoms with Crippen molar-refractivity contribution in [1.29, 1.82) is 0 Å². The van der Waals surface area contributed by atoms with Gasteiger partial charge in [-0.1, -0.05) is 43.2 Å². The molecule has 2 aliphatic rings. The van der Waals surface area contributed by atoms with Gasteiger partial charge in [0.15, 0.2) is 0 Å².